The van der Waals surface area contributed by atoms with Gasteiger partial charge in [0.2, 0.25) is 0 Å². The Labute approximate surface area is 339 Å². The van der Waals surface area contributed by atoms with Crippen LogP contribution in [0, 0.1) is 6.92 Å². The number of fused-ring (bicyclic) bond motifs is 1. The van der Waals surface area contributed by atoms with E-state index in [1.807, 2.05) is 167 Å². The summed E-state index contributed by atoms with van der Waals surface area (Å²) in [5.41, 5.74) is 7.90. The second-order valence-electron chi connectivity index (χ2n) is 13.4. The molecule has 0 bridgehead atoms. The highest BCUT2D eigenvalue weighted by molar-refractivity contribution is 6.12. The number of benzene rings is 5. The monoisotopic (exact) mass is 758 g/mol. The minimum atomic E-state index is -0.134. The van der Waals surface area contributed by atoms with E-state index in [0.717, 1.165) is 44.8 Å². The second kappa shape index (κ2) is 17.4. The number of carbonyl (C=O) groups is 1. The van der Waals surface area contributed by atoms with Crippen molar-refractivity contribution in [1.82, 2.24) is 29.9 Å². The van der Waals surface area contributed by atoms with Gasteiger partial charge in [-0.2, -0.15) is 0 Å². The number of carbonyl (C=O) groups excluding carboxylic acids is 1. The van der Waals surface area contributed by atoms with E-state index >= 15 is 0 Å². The van der Waals surface area contributed by atoms with E-state index in [4.69, 9.17) is 29.9 Å². The number of aryl methyl sites for hydroxylation is 1. The highest BCUT2D eigenvalue weighted by Crippen LogP contribution is 2.36. The van der Waals surface area contributed by atoms with Crippen molar-refractivity contribution in [3.63, 3.8) is 0 Å². The number of nitrogens with zero attached hydrogens (tertiary/aromatic N) is 8. The zero-order valence-electron chi connectivity index (χ0n) is 32.7. The Morgan fingerprint density at radius 3 is 1.59 bits per heavy atom. The van der Waals surface area contributed by atoms with Crippen molar-refractivity contribution in [1.29, 1.82) is 0 Å². The lowest BCUT2D eigenvalue weighted by molar-refractivity contribution is 0.0982. The lowest BCUT2D eigenvalue weighted by atomic mass is 10.0. The first-order chi connectivity index (χ1) is 28.4. The molecule has 0 spiro atoms. The largest absolute Gasteiger partial charge is 0.356 e. The predicted octanol–water partition coefficient (Wildman–Crippen LogP) is 10.7. The summed E-state index contributed by atoms with van der Waals surface area (Å²) in [6, 6.07) is 41.3. The molecule has 5 aromatic carbocycles. The molecule has 1 amide bonds. The molecule has 0 saturated heterocycles. The van der Waals surface area contributed by atoms with Gasteiger partial charge in [0.15, 0.2) is 34.9 Å². The van der Waals surface area contributed by atoms with Gasteiger partial charge in [-0.3, -0.25) is 9.69 Å². The SMILES string of the molecule is C=C.C=C/C(=C\C=C/C)c1nc(-c2ccccc2)nc(-c2ccc(C)c(N3CN(C)c4ccc(-c5nc(-c6ccccc6)nc(-c6ccccc6)n5)cc4C3=O)c2)n1. The lowest BCUT2D eigenvalue weighted by Crippen LogP contribution is -2.45. The number of hydrogen-bond donors (Lipinski definition) is 0. The second-order valence-corrected chi connectivity index (χ2v) is 13.4. The van der Waals surface area contributed by atoms with Crippen LogP contribution in [0.2, 0.25) is 0 Å². The first kappa shape index (κ1) is 38.6. The molecule has 58 heavy (non-hydrogen) atoms. The average molecular weight is 759 g/mol. The van der Waals surface area contributed by atoms with Crippen LogP contribution in [-0.4, -0.2) is 49.5 Å². The van der Waals surface area contributed by atoms with Crippen LogP contribution in [0.15, 0.2) is 171 Å². The Hall–Kier alpha value is -7.65. The smallest absolute Gasteiger partial charge is 0.261 e. The molecule has 284 valence electrons. The maximum Gasteiger partial charge on any atom is 0.261 e. The van der Waals surface area contributed by atoms with Crippen LogP contribution >= 0.6 is 0 Å². The number of aromatic nitrogens is 6. The van der Waals surface area contributed by atoms with Crippen LogP contribution in [-0.2, 0) is 0 Å². The molecule has 0 unspecified atom stereocenters. The summed E-state index contributed by atoms with van der Waals surface area (Å²) in [5.74, 6) is 2.99. The quantitative estimate of drug-likeness (QED) is 0.106. The molecule has 0 saturated carbocycles. The van der Waals surface area contributed by atoms with Gasteiger partial charge in [-0.25, -0.2) is 29.9 Å². The van der Waals surface area contributed by atoms with E-state index in [1.165, 1.54) is 0 Å². The van der Waals surface area contributed by atoms with Crippen molar-refractivity contribution in [2.45, 2.75) is 13.8 Å². The standard InChI is InChI=1S/C47H38N8O.C2H4/c1-5-7-17-32(6-2)41-48-42(33-18-11-8-12-19-33)53-46(49-41)37-25-24-31(3)40(29-37)55-30-54(4)39-27-26-36(28-38(39)47(55)56)45-51-43(34-20-13-9-14-21-34)50-44(52-45)35-22-15-10-16-23-35;1-2/h5-29H,2,30H2,1,3-4H3;1-2H2/b7-5-,32-17+;. The van der Waals surface area contributed by atoms with Crippen LogP contribution in [0.5, 0.6) is 0 Å². The molecule has 0 aliphatic carbocycles. The molecule has 9 nitrogen and oxygen atoms in total. The fourth-order valence-corrected chi connectivity index (χ4v) is 6.62. The van der Waals surface area contributed by atoms with Gasteiger partial charge >= 0.3 is 0 Å². The molecule has 0 atom stereocenters. The Bertz CT molecular complexity index is 2600. The van der Waals surface area contributed by atoms with Gasteiger partial charge < -0.3 is 4.90 Å². The molecular formula is C49H42N8O. The van der Waals surface area contributed by atoms with E-state index in [0.29, 0.717) is 52.7 Å². The molecule has 9 heteroatoms. The van der Waals surface area contributed by atoms with Gasteiger partial charge in [-0.05, 0) is 43.7 Å². The zero-order chi connectivity index (χ0) is 40.6. The maximum atomic E-state index is 14.6. The summed E-state index contributed by atoms with van der Waals surface area (Å²) in [5, 5.41) is 0. The van der Waals surface area contributed by atoms with Gasteiger partial charge in [-0.15, -0.1) is 13.2 Å². The molecule has 1 aliphatic rings. The van der Waals surface area contributed by atoms with E-state index in [9.17, 15) is 4.79 Å². The summed E-state index contributed by atoms with van der Waals surface area (Å²) >= 11 is 0. The molecule has 0 radical (unpaired) electrons. The van der Waals surface area contributed by atoms with Gasteiger partial charge in [-0.1, -0.05) is 134 Å². The molecular weight excluding hydrogens is 717 g/mol. The van der Waals surface area contributed by atoms with Gasteiger partial charge in [0.1, 0.15) is 0 Å². The van der Waals surface area contributed by atoms with Gasteiger partial charge in [0.25, 0.3) is 5.91 Å². The Morgan fingerprint density at radius 1 is 0.603 bits per heavy atom. The minimum Gasteiger partial charge on any atom is -0.356 e. The summed E-state index contributed by atoms with van der Waals surface area (Å²) in [6.07, 6.45) is 7.54. The summed E-state index contributed by atoms with van der Waals surface area (Å²) in [7, 11) is 1.99. The third kappa shape index (κ3) is 8.01. The third-order valence-electron chi connectivity index (χ3n) is 9.57. The average Bonchev–Trinajstić information content (AvgIpc) is 3.29. The normalized spacial score (nSPS) is 12.5. The molecule has 3 heterocycles. The molecule has 0 N–H and O–H groups in total. The van der Waals surface area contributed by atoms with Gasteiger partial charge in [0, 0.05) is 46.1 Å². The summed E-state index contributed by atoms with van der Waals surface area (Å²) < 4.78 is 0. The molecule has 7 aromatic rings. The minimum absolute atomic E-state index is 0.134. The van der Waals surface area contributed by atoms with E-state index in [1.54, 1.807) is 11.0 Å². The summed E-state index contributed by atoms with van der Waals surface area (Å²) in [6.45, 7) is 14.3. The Morgan fingerprint density at radius 2 is 1.07 bits per heavy atom. The van der Waals surface area contributed by atoms with Crippen molar-refractivity contribution in [3.8, 4) is 56.9 Å². The number of amides is 1. The highest BCUT2D eigenvalue weighted by Gasteiger charge is 2.31. The Kier molecular flexibility index (Phi) is 11.6. The van der Waals surface area contributed by atoms with Crippen molar-refractivity contribution in [2.24, 2.45) is 0 Å². The van der Waals surface area contributed by atoms with E-state index in [2.05, 4.69) is 24.6 Å². The first-order valence-corrected chi connectivity index (χ1v) is 18.8. The maximum absolute atomic E-state index is 14.6. The van der Waals surface area contributed by atoms with E-state index in [-0.39, 0.29) is 5.91 Å². The van der Waals surface area contributed by atoms with Crippen LogP contribution in [0.25, 0.3) is 62.5 Å². The number of allylic oxidation sites excluding steroid dienone is 5. The number of anilines is 2. The van der Waals surface area contributed by atoms with Crippen LogP contribution < -0.4 is 9.80 Å². The van der Waals surface area contributed by atoms with Crippen LogP contribution in [0.4, 0.5) is 11.4 Å². The highest BCUT2D eigenvalue weighted by atomic mass is 16.2. The summed E-state index contributed by atoms with van der Waals surface area (Å²) in [4.78, 5) is 47.8. The van der Waals surface area contributed by atoms with Gasteiger partial charge in [0.05, 0.1) is 17.9 Å². The third-order valence-corrected chi connectivity index (χ3v) is 9.57. The lowest BCUT2D eigenvalue weighted by Gasteiger charge is -2.36. The van der Waals surface area contributed by atoms with Crippen LogP contribution in [0.3, 0.4) is 0 Å². The molecule has 8 rings (SSSR count). The molecule has 1 aliphatic heterocycles. The van der Waals surface area contributed by atoms with Crippen molar-refractivity contribution in [3.05, 3.63) is 188 Å². The topological polar surface area (TPSA) is 101 Å². The molecule has 2 aromatic heterocycles. The van der Waals surface area contributed by atoms with Crippen LogP contribution in [0.1, 0.15) is 28.7 Å². The number of hydrogen-bond acceptors (Lipinski definition) is 8. The van der Waals surface area contributed by atoms with Crippen molar-refractivity contribution in [2.75, 3.05) is 23.5 Å². The van der Waals surface area contributed by atoms with Crippen molar-refractivity contribution >= 4 is 22.9 Å². The fourth-order valence-electron chi connectivity index (χ4n) is 6.62. The predicted molar refractivity (Wildman–Crippen MR) is 236 cm³/mol. The first-order valence-electron chi connectivity index (χ1n) is 18.8. The zero-order valence-corrected chi connectivity index (χ0v) is 32.7. The van der Waals surface area contributed by atoms with E-state index < -0.39 is 0 Å². The van der Waals surface area contributed by atoms with Crippen molar-refractivity contribution < 1.29 is 4.79 Å². The number of rotatable bonds is 9. The molecule has 0 fully saturated rings. The Balaban J connectivity index is 0.00000252. The fraction of sp³-hybridized carbons (Fsp3) is 0.0816.